The van der Waals surface area contributed by atoms with E-state index >= 15 is 0 Å². The maximum absolute atomic E-state index is 5.78. The van der Waals surface area contributed by atoms with Gasteiger partial charge in [-0.15, -0.1) is 0 Å². The zero-order valence-electron chi connectivity index (χ0n) is 14.8. The summed E-state index contributed by atoms with van der Waals surface area (Å²) >= 11 is 0. The van der Waals surface area contributed by atoms with Crippen LogP contribution in [-0.4, -0.2) is 19.8 Å². The molecule has 1 aliphatic rings. The van der Waals surface area contributed by atoms with Crippen molar-refractivity contribution in [2.24, 2.45) is 5.92 Å². The lowest BCUT2D eigenvalue weighted by molar-refractivity contribution is 0.271. The zero-order valence-corrected chi connectivity index (χ0v) is 14.8. The minimum Gasteiger partial charge on any atom is -0.494 e. The van der Waals surface area contributed by atoms with Crippen LogP contribution in [0.3, 0.4) is 0 Å². The predicted molar refractivity (Wildman–Crippen MR) is 97.9 cm³/mol. The van der Waals surface area contributed by atoms with Gasteiger partial charge in [0.1, 0.15) is 11.5 Å². The largest absolute Gasteiger partial charge is 0.494 e. The molecule has 0 saturated heterocycles. The summed E-state index contributed by atoms with van der Waals surface area (Å²) in [5.41, 5.74) is 4.00. The highest BCUT2D eigenvalue weighted by atomic mass is 16.5. The summed E-state index contributed by atoms with van der Waals surface area (Å²) in [6, 6.07) is 15.2. The summed E-state index contributed by atoms with van der Waals surface area (Å²) in [7, 11) is 0. The number of fused-ring (bicyclic) bond motifs is 1. The van der Waals surface area contributed by atoms with Crippen molar-refractivity contribution in [3.8, 4) is 11.5 Å². The first kappa shape index (κ1) is 16.8. The number of benzene rings is 2. The minimum absolute atomic E-state index is 0.239. The van der Waals surface area contributed by atoms with Gasteiger partial charge in [-0.1, -0.05) is 32.0 Å². The second-order valence-corrected chi connectivity index (χ2v) is 6.70. The van der Waals surface area contributed by atoms with E-state index in [9.17, 15) is 0 Å². The van der Waals surface area contributed by atoms with Crippen molar-refractivity contribution >= 4 is 0 Å². The van der Waals surface area contributed by atoms with Crippen molar-refractivity contribution in [2.75, 3.05) is 19.8 Å². The normalized spacial score (nSPS) is 16.8. The number of ether oxygens (including phenoxy) is 2. The lowest BCUT2D eigenvalue weighted by Crippen LogP contribution is -2.30. The van der Waals surface area contributed by atoms with Crippen LogP contribution in [-0.2, 0) is 6.42 Å². The summed E-state index contributed by atoms with van der Waals surface area (Å²) in [6.45, 7) is 8.79. The van der Waals surface area contributed by atoms with Crippen LogP contribution in [0.2, 0.25) is 0 Å². The Hall–Kier alpha value is -2.00. The van der Waals surface area contributed by atoms with E-state index in [1.165, 1.54) is 16.7 Å². The maximum atomic E-state index is 5.78. The van der Waals surface area contributed by atoms with Gasteiger partial charge in [0.05, 0.1) is 19.3 Å². The molecule has 0 fully saturated rings. The van der Waals surface area contributed by atoms with Crippen LogP contribution >= 0.6 is 0 Å². The van der Waals surface area contributed by atoms with E-state index in [0.29, 0.717) is 12.5 Å². The Morgan fingerprint density at radius 2 is 1.79 bits per heavy atom. The molecule has 2 aromatic rings. The van der Waals surface area contributed by atoms with Gasteiger partial charge in [0.25, 0.3) is 0 Å². The van der Waals surface area contributed by atoms with Crippen LogP contribution in [0.15, 0.2) is 42.5 Å². The fourth-order valence-electron chi connectivity index (χ4n) is 3.11. The van der Waals surface area contributed by atoms with E-state index in [1.807, 2.05) is 6.92 Å². The molecule has 0 aliphatic carbocycles. The molecule has 1 N–H and O–H groups in total. The fraction of sp³-hybridized carbons (Fsp3) is 0.429. The lowest BCUT2D eigenvalue weighted by Gasteiger charge is -2.28. The predicted octanol–water partition coefficient (Wildman–Crippen LogP) is 4.36. The average Bonchev–Trinajstić information content (AvgIpc) is 2.60. The fourth-order valence-corrected chi connectivity index (χ4v) is 3.11. The van der Waals surface area contributed by atoms with Crippen LogP contribution < -0.4 is 14.8 Å². The summed E-state index contributed by atoms with van der Waals surface area (Å²) in [5.74, 6) is 2.45. The van der Waals surface area contributed by atoms with Gasteiger partial charge < -0.3 is 14.8 Å². The highest BCUT2D eigenvalue weighted by molar-refractivity contribution is 5.44. The highest BCUT2D eigenvalue weighted by Crippen LogP contribution is 2.32. The molecule has 0 saturated carbocycles. The minimum atomic E-state index is 0.239. The molecule has 0 bridgehead atoms. The van der Waals surface area contributed by atoms with Crippen molar-refractivity contribution in [1.29, 1.82) is 0 Å². The van der Waals surface area contributed by atoms with Gasteiger partial charge in [0.15, 0.2) is 0 Å². The van der Waals surface area contributed by atoms with Gasteiger partial charge in [-0.05, 0) is 60.2 Å². The maximum Gasteiger partial charge on any atom is 0.119 e. The highest BCUT2D eigenvalue weighted by Gasteiger charge is 2.21. The van der Waals surface area contributed by atoms with E-state index in [-0.39, 0.29) is 6.04 Å². The Morgan fingerprint density at radius 3 is 2.50 bits per heavy atom. The molecule has 0 aromatic heterocycles. The van der Waals surface area contributed by atoms with Crippen LogP contribution in [0.5, 0.6) is 11.5 Å². The van der Waals surface area contributed by atoms with Crippen LogP contribution in [0.4, 0.5) is 0 Å². The molecule has 3 nitrogen and oxygen atoms in total. The van der Waals surface area contributed by atoms with Gasteiger partial charge in [-0.25, -0.2) is 0 Å². The molecular formula is C21H27NO2. The molecule has 2 aromatic carbocycles. The molecule has 128 valence electrons. The average molecular weight is 325 g/mol. The Labute approximate surface area is 145 Å². The number of rotatable bonds is 6. The molecular weight excluding hydrogens is 298 g/mol. The first-order chi connectivity index (χ1) is 11.7. The first-order valence-corrected chi connectivity index (χ1v) is 8.89. The van der Waals surface area contributed by atoms with E-state index < -0.39 is 0 Å². The van der Waals surface area contributed by atoms with Crippen LogP contribution in [0, 0.1) is 5.92 Å². The quantitative estimate of drug-likeness (QED) is 0.856. The first-order valence-electron chi connectivity index (χ1n) is 8.89. The molecule has 3 heteroatoms. The molecule has 3 rings (SSSR count). The van der Waals surface area contributed by atoms with Gasteiger partial charge in [0.2, 0.25) is 0 Å². The molecule has 1 unspecified atom stereocenters. The second-order valence-electron chi connectivity index (χ2n) is 6.70. The topological polar surface area (TPSA) is 30.5 Å². The van der Waals surface area contributed by atoms with Crippen LogP contribution in [0.1, 0.15) is 43.5 Å². The monoisotopic (exact) mass is 325 g/mol. The summed E-state index contributed by atoms with van der Waals surface area (Å²) < 4.78 is 11.4. The van der Waals surface area contributed by atoms with Gasteiger partial charge in [-0.3, -0.25) is 0 Å². The van der Waals surface area contributed by atoms with E-state index in [2.05, 4.69) is 61.6 Å². The van der Waals surface area contributed by atoms with Gasteiger partial charge in [-0.2, -0.15) is 0 Å². The lowest BCUT2D eigenvalue weighted by atomic mass is 9.90. The van der Waals surface area contributed by atoms with Crippen molar-refractivity contribution in [3.63, 3.8) is 0 Å². The standard InChI is InChI=1S/C21H27NO2/c1-4-23-19-9-10-20-17(13-19)11-12-22-21(20)16-5-7-18(8-6-16)24-14-15(2)3/h5-10,13,15,21-22H,4,11-12,14H2,1-3H3. The zero-order chi connectivity index (χ0) is 16.9. The van der Waals surface area contributed by atoms with Crippen molar-refractivity contribution < 1.29 is 9.47 Å². The second kappa shape index (κ2) is 7.71. The Balaban J connectivity index is 1.78. The molecule has 1 aliphatic heterocycles. The van der Waals surface area contributed by atoms with Gasteiger partial charge >= 0.3 is 0 Å². The Morgan fingerprint density at radius 1 is 1.04 bits per heavy atom. The van der Waals surface area contributed by atoms with Crippen molar-refractivity contribution in [3.05, 3.63) is 59.2 Å². The number of hydrogen-bond donors (Lipinski definition) is 1. The van der Waals surface area contributed by atoms with Crippen molar-refractivity contribution in [1.82, 2.24) is 5.32 Å². The third-order valence-corrected chi connectivity index (χ3v) is 4.28. The summed E-state index contributed by atoms with van der Waals surface area (Å²) in [6.07, 6.45) is 1.04. The summed E-state index contributed by atoms with van der Waals surface area (Å²) in [4.78, 5) is 0. The number of nitrogens with one attached hydrogen (secondary N) is 1. The molecule has 0 radical (unpaired) electrons. The van der Waals surface area contributed by atoms with E-state index in [1.54, 1.807) is 0 Å². The smallest absolute Gasteiger partial charge is 0.119 e. The molecule has 0 amide bonds. The third-order valence-electron chi connectivity index (χ3n) is 4.28. The molecule has 0 spiro atoms. The van der Waals surface area contributed by atoms with Crippen molar-refractivity contribution in [2.45, 2.75) is 33.2 Å². The van der Waals surface area contributed by atoms with Crippen LogP contribution in [0.25, 0.3) is 0 Å². The third kappa shape index (κ3) is 3.90. The molecule has 1 heterocycles. The Kier molecular flexibility index (Phi) is 5.41. The summed E-state index contributed by atoms with van der Waals surface area (Å²) in [5, 5.41) is 3.63. The molecule has 1 atom stereocenters. The molecule has 24 heavy (non-hydrogen) atoms. The van der Waals surface area contributed by atoms with Gasteiger partial charge in [0, 0.05) is 6.54 Å². The van der Waals surface area contributed by atoms with E-state index in [4.69, 9.17) is 9.47 Å². The Bertz CT molecular complexity index is 664. The SMILES string of the molecule is CCOc1ccc2c(c1)CCNC2c1ccc(OCC(C)C)cc1. The number of hydrogen-bond acceptors (Lipinski definition) is 3. The van der Waals surface area contributed by atoms with E-state index in [0.717, 1.165) is 31.1 Å².